The molecule has 1 N–H and O–H groups in total. The zero-order chi connectivity index (χ0) is 17.1. The van der Waals surface area contributed by atoms with E-state index in [0.717, 1.165) is 37.8 Å². The number of hydrogen-bond donors (Lipinski definition) is 1. The van der Waals surface area contributed by atoms with Gasteiger partial charge < -0.3 is 5.32 Å². The summed E-state index contributed by atoms with van der Waals surface area (Å²) in [7, 11) is 0. The second-order valence-electron chi connectivity index (χ2n) is 5.68. The molecule has 9 heteroatoms. The molecule has 1 aliphatic carbocycles. The normalized spacial score (nSPS) is 20.8. The molecule has 2 atom stereocenters. The highest BCUT2D eigenvalue weighted by atomic mass is 35.5. The number of carbonyl (C=O) groups excluding carboxylic acids is 1. The van der Waals surface area contributed by atoms with Crippen molar-refractivity contribution in [2.24, 2.45) is 5.92 Å². The third-order valence-electron chi connectivity index (χ3n) is 4.12. The first kappa shape index (κ1) is 17.1. The number of benzene rings is 1. The van der Waals surface area contributed by atoms with Crippen LogP contribution in [-0.2, 0) is 0 Å². The van der Waals surface area contributed by atoms with Crippen molar-refractivity contribution in [1.82, 2.24) is 5.32 Å². The average Bonchev–Trinajstić information content (AvgIpc) is 2.49. The molecule has 1 amide bonds. The molecule has 23 heavy (non-hydrogen) atoms. The van der Waals surface area contributed by atoms with Gasteiger partial charge in [0.25, 0.3) is 17.3 Å². The van der Waals surface area contributed by atoms with Crippen LogP contribution in [0.1, 0.15) is 43.0 Å². The van der Waals surface area contributed by atoms with E-state index in [0.29, 0.717) is 5.92 Å². The third kappa shape index (κ3) is 3.76. The molecule has 1 aliphatic rings. The van der Waals surface area contributed by atoms with Crippen LogP contribution in [0.4, 0.5) is 11.4 Å². The van der Waals surface area contributed by atoms with E-state index < -0.39 is 32.2 Å². The maximum atomic E-state index is 12.3. The standard InChI is InChI=1S/C14H16ClN3O5/c1-8-4-2-3-5-10(8)16-14(19)9-6-11(17(20)21)13(15)12(7-9)18(22)23/h6-8,10H,2-5H2,1H3,(H,16,19). The van der Waals surface area contributed by atoms with Crippen molar-refractivity contribution in [1.29, 1.82) is 0 Å². The number of nitro groups is 2. The quantitative estimate of drug-likeness (QED) is 0.665. The van der Waals surface area contributed by atoms with Crippen molar-refractivity contribution in [3.05, 3.63) is 42.9 Å². The van der Waals surface area contributed by atoms with Crippen molar-refractivity contribution >= 4 is 28.9 Å². The molecular formula is C14H16ClN3O5. The Labute approximate surface area is 137 Å². The summed E-state index contributed by atoms with van der Waals surface area (Å²) in [4.78, 5) is 32.6. The fourth-order valence-electron chi connectivity index (χ4n) is 2.77. The first-order valence-corrected chi connectivity index (χ1v) is 7.62. The molecule has 124 valence electrons. The second kappa shape index (κ2) is 6.91. The monoisotopic (exact) mass is 341 g/mol. The van der Waals surface area contributed by atoms with E-state index >= 15 is 0 Å². The maximum Gasteiger partial charge on any atom is 0.295 e. The van der Waals surface area contributed by atoms with Crippen LogP contribution >= 0.6 is 11.6 Å². The van der Waals surface area contributed by atoms with Gasteiger partial charge in [-0.1, -0.05) is 31.4 Å². The minimum absolute atomic E-state index is 0.0370. The lowest BCUT2D eigenvalue weighted by molar-refractivity contribution is -0.393. The molecule has 0 aromatic heterocycles. The van der Waals surface area contributed by atoms with Crippen LogP contribution in [0, 0.1) is 26.1 Å². The summed E-state index contributed by atoms with van der Waals surface area (Å²) in [5.74, 6) is -0.267. The Hall–Kier alpha value is -2.22. The van der Waals surface area contributed by atoms with Gasteiger partial charge in [-0.25, -0.2) is 0 Å². The average molecular weight is 342 g/mol. The Morgan fingerprint density at radius 1 is 1.17 bits per heavy atom. The van der Waals surface area contributed by atoms with Crippen molar-refractivity contribution < 1.29 is 14.6 Å². The summed E-state index contributed by atoms with van der Waals surface area (Å²) in [6.45, 7) is 2.02. The molecule has 0 aliphatic heterocycles. The van der Waals surface area contributed by atoms with Gasteiger partial charge in [-0.2, -0.15) is 0 Å². The SMILES string of the molecule is CC1CCCCC1NC(=O)c1cc([N+](=O)[O-])c(Cl)c([N+](=O)[O-])c1. The maximum absolute atomic E-state index is 12.3. The summed E-state index contributed by atoms with van der Waals surface area (Å²) in [5, 5.41) is 24.2. The Morgan fingerprint density at radius 2 is 1.70 bits per heavy atom. The summed E-state index contributed by atoms with van der Waals surface area (Å²) >= 11 is 5.68. The molecule has 1 fully saturated rings. The van der Waals surface area contributed by atoms with Gasteiger partial charge in [0.2, 0.25) is 0 Å². The smallest absolute Gasteiger partial charge is 0.295 e. The number of amides is 1. The van der Waals surface area contributed by atoms with Crippen LogP contribution in [-0.4, -0.2) is 21.8 Å². The predicted octanol–water partition coefficient (Wildman–Crippen LogP) is 3.46. The molecule has 1 aromatic rings. The molecule has 0 spiro atoms. The molecule has 0 heterocycles. The minimum Gasteiger partial charge on any atom is -0.349 e. The van der Waals surface area contributed by atoms with Gasteiger partial charge in [0.15, 0.2) is 5.02 Å². The molecule has 8 nitrogen and oxygen atoms in total. The number of hydrogen-bond acceptors (Lipinski definition) is 5. The summed E-state index contributed by atoms with van der Waals surface area (Å²) < 4.78 is 0. The number of nitrogens with one attached hydrogen (secondary N) is 1. The molecule has 2 unspecified atom stereocenters. The predicted molar refractivity (Wildman–Crippen MR) is 83.6 cm³/mol. The van der Waals surface area contributed by atoms with Crippen LogP contribution in [0.2, 0.25) is 5.02 Å². The Morgan fingerprint density at radius 3 is 2.17 bits per heavy atom. The van der Waals surface area contributed by atoms with Crippen molar-refractivity contribution in [2.45, 2.75) is 38.6 Å². The second-order valence-corrected chi connectivity index (χ2v) is 6.06. The third-order valence-corrected chi connectivity index (χ3v) is 4.51. The molecule has 0 radical (unpaired) electrons. The van der Waals surface area contributed by atoms with Gasteiger partial charge >= 0.3 is 0 Å². The lowest BCUT2D eigenvalue weighted by Gasteiger charge is -2.29. The summed E-state index contributed by atoms with van der Waals surface area (Å²) in [5.41, 5.74) is -1.43. The summed E-state index contributed by atoms with van der Waals surface area (Å²) in [6.07, 6.45) is 3.91. The molecule has 1 aromatic carbocycles. The topological polar surface area (TPSA) is 115 Å². The van der Waals surface area contributed by atoms with Gasteiger partial charge in [0.05, 0.1) is 15.4 Å². The van der Waals surface area contributed by atoms with Crippen LogP contribution in [0.25, 0.3) is 0 Å². The zero-order valence-electron chi connectivity index (χ0n) is 12.5. The van der Waals surface area contributed by atoms with Gasteiger partial charge in [-0.05, 0) is 18.8 Å². The van der Waals surface area contributed by atoms with E-state index in [1.54, 1.807) is 0 Å². The Balaban J connectivity index is 2.32. The van der Waals surface area contributed by atoms with E-state index in [1.165, 1.54) is 0 Å². The van der Waals surface area contributed by atoms with Crippen molar-refractivity contribution in [3.63, 3.8) is 0 Å². The van der Waals surface area contributed by atoms with Crippen LogP contribution in [0.15, 0.2) is 12.1 Å². The van der Waals surface area contributed by atoms with E-state index in [2.05, 4.69) is 5.32 Å². The molecule has 1 saturated carbocycles. The van der Waals surface area contributed by atoms with Gasteiger partial charge in [-0.3, -0.25) is 25.0 Å². The highest BCUT2D eigenvalue weighted by Crippen LogP contribution is 2.35. The lowest BCUT2D eigenvalue weighted by Crippen LogP contribution is -2.41. The minimum atomic E-state index is -0.838. The number of nitro benzene ring substituents is 2. The number of rotatable bonds is 4. The Kier molecular flexibility index (Phi) is 5.15. The van der Waals surface area contributed by atoms with Crippen molar-refractivity contribution in [3.8, 4) is 0 Å². The fourth-order valence-corrected chi connectivity index (χ4v) is 3.02. The summed E-state index contributed by atoms with van der Waals surface area (Å²) in [6, 6.07) is 1.90. The fraction of sp³-hybridized carbons (Fsp3) is 0.500. The highest BCUT2D eigenvalue weighted by Gasteiger charge is 2.29. The molecule has 0 saturated heterocycles. The van der Waals surface area contributed by atoms with E-state index in [-0.39, 0.29) is 11.6 Å². The zero-order valence-corrected chi connectivity index (χ0v) is 13.2. The van der Waals surface area contributed by atoms with Gasteiger partial charge in [0.1, 0.15) is 0 Å². The molecular weight excluding hydrogens is 326 g/mol. The van der Waals surface area contributed by atoms with Crippen LogP contribution in [0.5, 0.6) is 0 Å². The highest BCUT2D eigenvalue weighted by molar-refractivity contribution is 6.35. The Bertz CT molecular complexity index is 629. The number of nitrogens with zero attached hydrogens (tertiary/aromatic N) is 2. The number of halogens is 1. The van der Waals surface area contributed by atoms with E-state index in [1.807, 2.05) is 6.92 Å². The largest absolute Gasteiger partial charge is 0.349 e. The van der Waals surface area contributed by atoms with Crippen molar-refractivity contribution in [2.75, 3.05) is 0 Å². The first-order chi connectivity index (χ1) is 10.8. The van der Waals surface area contributed by atoms with Gasteiger partial charge in [0, 0.05) is 18.2 Å². The van der Waals surface area contributed by atoms with Crippen LogP contribution in [0.3, 0.4) is 0 Å². The van der Waals surface area contributed by atoms with Crippen LogP contribution < -0.4 is 5.32 Å². The number of carbonyl (C=O) groups is 1. The first-order valence-electron chi connectivity index (χ1n) is 7.24. The molecule has 2 rings (SSSR count). The van der Waals surface area contributed by atoms with E-state index in [4.69, 9.17) is 11.6 Å². The van der Waals surface area contributed by atoms with E-state index in [9.17, 15) is 25.0 Å². The van der Waals surface area contributed by atoms with Gasteiger partial charge in [-0.15, -0.1) is 0 Å². The lowest BCUT2D eigenvalue weighted by atomic mass is 9.86. The molecule has 0 bridgehead atoms.